The number of hydrogen-bond donors (Lipinski definition) is 1. The molecule has 1 aromatic rings. The van der Waals surface area contributed by atoms with Crippen molar-refractivity contribution in [2.45, 2.75) is 0 Å². The fourth-order valence-corrected chi connectivity index (χ4v) is 0.818. The summed E-state index contributed by atoms with van der Waals surface area (Å²) >= 11 is 1.23. The van der Waals surface area contributed by atoms with Crippen LogP contribution < -0.4 is 0 Å². The van der Waals surface area contributed by atoms with Crippen LogP contribution in [0.2, 0.25) is 0 Å². The van der Waals surface area contributed by atoms with Crippen molar-refractivity contribution in [3.63, 3.8) is 0 Å². The van der Waals surface area contributed by atoms with Crippen LogP contribution in [0.4, 0.5) is 0 Å². The molecule has 0 fully saturated rings. The van der Waals surface area contributed by atoms with E-state index in [1.54, 1.807) is 0 Å². The molecule has 0 bridgehead atoms. The van der Waals surface area contributed by atoms with Crippen molar-refractivity contribution < 1.29 is 32.7 Å². The Morgan fingerprint density at radius 3 is 3.00 bits per heavy atom. The van der Waals surface area contributed by atoms with Crippen LogP contribution in [0.3, 0.4) is 0 Å². The zero-order valence-corrected chi connectivity index (χ0v) is 7.67. The molecule has 0 radical (unpaired) electrons. The van der Waals surface area contributed by atoms with E-state index >= 15 is 0 Å². The summed E-state index contributed by atoms with van der Waals surface area (Å²) in [6, 6.07) is 2.90. The van der Waals surface area contributed by atoms with Gasteiger partial charge in [-0.15, -0.1) is 0 Å². The second-order valence-corrected chi connectivity index (χ2v) is 2.22. The number of aromatic hydroxyl groups is 1. The number of pyridine rings is 1. The van der Waals surface area contributed by atoms with Gasteiger partial charge in [0.2, 0.25) is 0 Å². The number of carbonyl (C=O) groups is 1. The molecule has 0 aromatic carbocycles. The Labute approximate surface area is 73.8 Å². The number of nitrogens with zero attached hydrogens (tertiary/aromatic N) is 1. The van der Waals surface area contributed by atoms with Crippen LogP contribution in [0.25, 0.3) is 0 Å². The molecule has 60 valence electrons. The first-order chi connectivity index (χ1) is 5.25. The standard InChI is InChI=1S/C6H5NO3.Ir/c8-4-2-1-3-7-5(4)6(9)10;/h1-3,8H,(H,9,10);/q;+1/p-1. The summed E-state index contributed by atoms with van der Waals surface area (Å²) in [5.74, 6) is -0.803. The fraction of sp³-hybridized carbons (Fsp3) is 0. The van der Waals surface area contributed by atoms with Gasteiger partial charge in [0.05, 0.1) is 0 Å². The summed E-state index contributed by atoms with van der Waals surface area (Å²) in [4.78, 5) is 14.4. The summed E-state index contributed by atoms with van der Waals surface area (Å²) in [5, 5.41) is 9.05. The third kappa shape index (κ3) is 1.76. The van der Waals surface area contributed by atoms with E-state index in [4.69, 9.17) is 5.11 Å². The summed E-state index contributed by atoms with van der Waals surface area (Å²) < 4.78 is 4.36. The first-order valence-electron chi connectivity index (χ1n) is 2.71. The van der Waals surface area contributed by atoms with E-state index in [-0.39, 0.29) is 11.4 Å². The second kappa shape index (κ2) is 3.46. The number of rotatable bonds is 1. The molecule has 0 atom stereocenters. The van der Waals surface area contributed by atoms with Crippen LogP contribution in [0.5, 0.6) is 5.75 Å². The molecule has 11 heavy (non-hydrogen) atoms. The average molecular weight is 330 g/mol. The molecular formula is C6H4IrNO3. The number of hydrogen-bond acceptors (Lipinski definition) is 4. The molecule has 0 aliphatic carbocycles. The van der Waals surface area contributed by atoms with Gasteiger partial charge in [-0.2, -0.15) is 0 Å². The van der Waals surface area contributed by atoms with Crippen molar-refractivity contribution in [1.82, 2.24) is 4.98 Å². The zero-order valence-electron chi connectivity index (χ0n) is 5.28. The molecule has 1 N–H and O–H groups in total. The third-order valence-corrected chi connectivity index (χ3v) is 1.49. The first kappa shape index (κ1) is 8.17. The zero-order chi connectivity index (χ0) is 8.27. The quantitative estimate of drug-likeness (QED) is 0.810. The maximum atomic E-state index is 10.8. The molecule has 0 amide bonds. The van der Waals surface area contributed by atoms with E-state index in [0.29, 0.717) is 0 Å². The van der Waals surface area contributed by atoms with E-state index in [0.717, 1.165) is 0 Å². The third-order valence-electron chi connectivity index (χ3n) is 1.04. The fourth-order valence-electron chi connectivity index (χ4n) is 0.586. The molecule has 0 unspecified atom stereocenters. The molecule has 0 aliphatic heterocycles. The van der Waals surface area contributed by atoms with Gasteiger partial charge in [0.25, 0.3) is 0 Å². The Morgan fingerprint density at radius 2 is 2.45 bits per heavy atom. The number of carbonyl (C=O) groups excluding carboxylic acids is 1. The minimum atomic E-state index is -0.636. The normalized spacial score (nSPS) is 9.27. The SMILES string of the molecule is O=C([O][Ir])c1ncccc1O. The summed E-state index contributed by atoms with van der Waals surface area (Å²) in [7, 11) is 0. The molecule has 4 nitrogen and oxygen atoms in total. The van der Waals surface area contributed by atoms with Crippen molar-refractivity contribution in [2.24, 2.45) is 0 Å². The van der Waals surface area contributed by atoms with Crippen LogP contribution in [0, 0.1) is 0 Å². The Hall–Kier alpha value is -0.931. The molecule has 5 heteroatoms. The molecule has 0 saturated heterocycles. The Bertz CT molecular complexity index is 276. The van der Waals surface area contributed by atoms with Crippen molar-refractivity contribution >= 4 is 5.97 Å². The van der Waals surface area contributed by atoms with E-state index in [1.165, 1.54) is 37.6 Å². The van der Waals surface area contributed by atoms with Gasteiger partial charge in [-0.25, -0.2) is 0 Å². The van der Waals surface area contributed by atoms with Crippen molar-refractivity contribution in [3.05, 3.63) is 24.0 Å². The van der Waals surface area contributed by atoms with Gasteiger partial charge in [-0.05, 0) is 0 Å². The predicted molar refractivity (Wildman–Crippen MR) is 31.3 cm³/mol. The summed E-state index contributed by atoms with van der Waals surface area (Å²) in [6.45, 7) is 0. The van der Waals surface area contributed by atoms with Crippen molar-refractivity contribution in [1.29, 1.82) is 0 Å². The van der Waals surface area contributed by atoms with Crippen LogP contribution in [0.15, 0.2) is 18.3 Å². The van der Waals surface area contributed by atoms with Crippen molar-refractivity contribution in [3.8, 4) is 5.75 Å². The van der Waals surface area contributed by atoms with Crippen molar-refractivity contribution in [2.75, 3.05) is 0 Å². The molecule has 1 rings (SSSR count). The second-order valence-electron chi connectivity index (χ2n) is 1.73. The van der Waals surface area contributed by atoms with Gasteiger partial charge >= 0.3 is 73.4 Å². The van der Waals surface area contributed by atoms with Gasteiger partial charge in [0, 0.05) is 0 Å². The van der Waals surface area contributed by atoms with Gasteiger partial charge in [-0.1, -0.05) is 0 Å². The van der Waals surface area contributed by atoms with E-state index in [9.17, 15) is 4.79 Å². The van der Waals surface area contributed by atoms with Gasteiger partial charge in [0.1, 0.15) is 0 Å². The molecule has 1 heterocycles. The van der Waals surface area contributed by atoms with E-state index in [2.05, 4.69) is 8.48 Å². The number of aromatic nitrogens is 1. The topological polar surface area (TPSA) is 59.4 Å². The van der Waals surface area contributed by atoms with Gasteiger partial charge in [0.15, 0.2) is 0 Å². The van der Waals surface area contributed by atoms with Gasteiger partial charge in [-0.3, -0.25) is 0 Å². The Kier molecular flexibility index (Phi) is 2.57. The van der Waals surface area contributed by atoms with Crippen LogP contribution in [0.1, 0.15) is 10.5 Å². The van der Waals surface area contributed by atoms with Crippen LogP contribution >= 0.6 is 0 Å². The predicted octanol–water partition coefficient (Wildman–Crippen LogP) is 0.406. The Balaban J connectivity index is 3.03. The van der Waals surface area contributed by atoms with E-state index < -0.39 is 5.97 Å². The minimum absolute atomic E-state index is 0.0602. The maximum absolute atomic E-state index is 10.8. The van der Waals surface area contributed by atoms with E-state index in [1.807, 2.05) is 0 Å². The molecule has 0 saturated carbocycles. The molecule has 0 aliphatic rings. The van der Waals surface area contributed by atoms with Crippen LogP contribution in [-0.2, 0) is 22.8 Å². The van der Waals surface area contributed by atoms with Gasteiger partial charge < -0.3 is 0 Å². The Morgan fingerprint density at radius 1 is 1.73 bits per heavy atom. The average Bonchev–Trinajstić information content (AvgIpc) is 2.04. The molecule has 1 aromatic heterocycles. The molecule has 0 spiro atoms. The van der Waals surface area contributed by atoms with Crippen LogP contribution in [-0.4, -0.2) is 16.1 Å². The summed E-state index contributed by atoms with van der Waals surface area (Å²) in [6.07, 6.45) is 1.41. The monoisotopic (exact) mass is 331 g/mol. The summed E-state index contributed by atoms with van der Waals surface area (Å²) in [5.41, 5.74) is -0.0602. The molecular weight excluding hydrogens is 326 g/mol. The first-order valence-corrected chi connectivity index (χ1v) is 3.68.